The number of rotatable bonds is 3. The molecule has 0 spiro atoms. The number of nitrogens with one attached hydrogen (secondary N) is 2. The van der Waals surface area contributed by atoms with E-state index in [1.54, 1.807) is 36.0 Å². The molecule has 0 saturated carbocycles. The van der Waals surface area contributed by atoms with E-state index in [4.69, 9.17) is 0 Å². The van der Waals surface area contributed by atoms with Gasteiger partial charge in [0.2, 0.25) is 0 Å². The molecular formula is C14H11N3O3S. The van der Waals surface area contributed by atoms with Crippen LogP contribution in [-0.2, 0) is 4.74 Å². The summed E-state index contributed by atoms with van der Waals surface area (Å²) in [5.74, 6) is -0.671. The Labute approximate surface area is 123 Å². The minimum atomic E-state index is -0.425. The zero-order valence-electron chi connectivity index (χ0n) is 11.0. The minimum absolute atomic E-state index is 0.246. The average molecular weight is 301 g/mol. The number of benzene rings is 1. The van der Waals surface area contributed by atoms with Crippen molar-refractivity contribution in [3.05, 3.63) is 47.1 Å². The third-order valence-electron chi connectivity index (χ3n) is 2.94. The van der Waals surface area contributed by atoms with E-state index in [2.05, 4.69) is 20.0 Å². The number of thiophene rings is 1. The van der Waals surface area contributed by atoms with Crippen LogP contribution in [-0.4, -0.2) is 29.0 Å². The first-order chi connectivity index (χ1) is 10.2. The van der Waals surface area contributed by atoms with Gasteiger partial charge in [-0.3, -0.25) is 4.79 Å². The number of methoxy groups -OCH3 is 1. The molecule has 0 radical (unpaired) electrons. The third-order valence-corrected chi connectivity index (χ3v) is 3.79. The van der Waals surface area contributed by atoms with Gasteiger partial charge >= 0.3 is 5.97 Å². The van der Waals surface area contributed by atoms with Crippen LogP contribution in [0.2, 0.25) is 0 Å². The number of aromatic amines is 1. The molecule has 7 heteroatoms. The summed E-state index contributed by atoms with van der Waals surface area (Å²) in [7, 11) is 1.32. The first-order valence-corrected chi connectivity index (χ1v) is 6.96. The van der Waals surface area contributed by atoms with Gasteiger partial charge in [0.25, 0.3) is 5.91 Å². The summed E-state index contributed by atoms with van der Waals surface area (Å²) < 4.78 is 4.62. The maximum absolute atomic E-state index is 12.2. The van der Waals surface area contributed by atoms with Crippen molar-refractivity contribution in [3.63, 3.8) is 0 Å². The number of imidazole rings is 1. The van der Waals surface area contributed by atoms with Gasteiger partial charge in [0.1, 0.15) is 0 Å². The van der Waals surface area contributed by atoms with Crippen LogP contribution in [0.15, 0.2) is 36.0 Å². The van der Waals surface area contributed by atoms with E-state index in [9.17, 15) is 9.59 Å². The van der Waals surface area contributed by atoms with E-state index in [-0.39, 0.29) is 5.91 Å². The van der Waals surface area contributed by atoms with Gasteiger partial charge in [-0.25, -0.2) is 9.78 Å². The largest absolute Gasteiger partial charge is 0.465 e. The van der Waals surface area contributed by atoms with Gasteiger partial charge in [0, 0.05) is 10.9 Å². The number of carbonyl (C=O) groups is 2. The second-order valence-corrected chi connectivity index (χ2v) is 5.19. The monoisotopic (exact) mass is 301 g/mol. The molecule has 0 atom stereocenters. The lowest BCUT2D eigenvalue weighted by atomic mass is 10.2. The molecule has 1 amide bonds. The first-order valence-electron chi connectivity index (χ1n) is 6.08. The molecule has 3 rings (SSSR count). The van der Waals surface area contributed by atoms with Gasteiger partial charge in [-0.1, -0.05) is 0 Å². The Morgan fingerprint density at radius 2 is 2.14 bits per heavy atom. The van der Waals surface area contributed by atoms with Gasteiger partial charge in [-0.2, -0.15) is 0 Å². The van der Waals surface area contributed by atoms with Gasteiger partial charge < -0.3 is 15.0 Å². The van der Waals surface area contributed by atoms with Crippen LogP contribution in [0.1, 0.15) is 20.7 Å². The molecular weight excluding hydrogens is 290 g/mol. The van der Waals surface area contributed by atoms with Crippen LogP contribution < -0.4 is 5.32 Å². The van der Waals surface area contributed by atoms with Crippen molar-refractivity contribution in [1.82, 2.24) is 9.97 Å². The van der Waals surface area contributed by atoms with E-state index in [0.717, 1.165) is 11.0 Å². The number of aromatic nitrogens is 2. The van der Waals surface area contributed by atoms with E-state index < -0.39 is 5.97 Å². The molecule has 0 aliphatic heterocycles. The smallest absolute Gasteiger partial charge is 0.338 e. The molecule has 0 saturated heterocycles. The first kappa shape index (κ1) is 13.3. The summed E-state index contributed by atoms with van der Waals surface area (Å²) in [5, 5.41) is 4.98. The lowest BCUT2D eigenvalue weighted by Gasteiger charge is -2.02. The Hall–Kier alpha value is -2.67. The van der Waals surface area contributed by atoms with Gasteiger partial charge in [0.05, 0.1) is 35.0 Å². The third kappa shape index (κ3) is 2.63. The maximum atomic E-state index is 12.2. The second kappa shape index (κ2) is 5.37. The lowest BCUT2D eigenvalue weighted by Crippen LogP contribution is -2.10. The molecule has 106 valence electrons. The van der Waals surface area contributed by atoms with Crippen molar-refractivity contribution in [2.24, 2.45) is 0 Å². The highest BCUT2D eigenvalue weighted by atomic mass is 32.1. The van der Waals surface area contributed by atoms with E-state index >= 15 is 0 Å². The van der Waals surface area contributed by atoms with Crippen molar-refractivity contribution < 1.29 is 14.3 Å². The molecule has 2 heterocycles. The average Bonchev–Trinajstić information content (AvgIpc) is 3.14. The van der Waals surface area contributed by atoms with Crippen LogP contribution in [0.25, 0.3) is 11.0 Å². The number of ether oxygens (including phenoxy) is 1. The fourth-order valence-electron chi connectivity index (χ4n) is 1.89. The van der Waals surface area contributed by atoms with Crippen LogP contribution in [0, 0.1) is 0 Å². The Balaban J connectivity index is 1.79. The predicted octanol–water partition coefficient (Wildman–Crippen LogP) is 2.66. The number of esters is 1. The van der Waals surface area contributed by atoms with E-state index in [1.807, 2.05) is 0 Å². The van der Waals surface area contributed by atoms with E-state index in [0.29, 0.717) is 16.1 Å². The second-order valence-electron chi connectivity index (χ2n) is 4.28. The summed E-state index contributed by atoms with van der Waals surface area (Å²) in [4.78, 5) is 30.6. The molecule has 0 aliphatic rings. The number of hydrogen-bond donors (Lipinski definition) is 2. The Bertz CT molecular complexity index is 822. The molecule has 3 aromatic rings. The van der Waals surface area contributed by atoms with Crippen LogP contribution >= 0.6 is 11.3 Å². The zero-order valence-corrected chi connectivity index (χ0v) is 11.9. The summed E-state index contributed by atoms with van der Waals surface area (Å²) in [6, 6.07) is 6.79. The Kier molecular flexibility index (Phi) is 3.41. The Morgan fingerprint density at radius 3 is 2.95 bits per heavy atom. The van der Waals surface area contributed by atoms with Crippen molar-refractivity contribution in [2.45, 2.75) is 0 Å². The summed E-state index contributed by atoms with van der Waals surface area (Å²) in [6.45, 7) is 0. The van der Waals surface area contributed by atoms with Crippen molar-refractivity contribution >= 4 is 39.2 Å². The quantitative estimate of drug-likeness (QED) is 0.728. The highest BCUT2D eigenvalue weighted by Crippen LogP contribution is 2.22. The fourth-order valence-corrected chi connectivity index (χ4v) is 2.65. The minimum Gasteiger partial charge on any atom is -0.465 e. The molecule has 0 fully saturated rings. The number of nitrogens with zero attached hydrogens (tertiary/aromatic N) is 1. The van der Waals surface area contributed by atoms with Crippen LogP contribution in [0.4, 0.5) is 5.00 Å². The number of carbonyl (C=O) groups excluding carboxylic acids is 2. The highest BCUT2D eigenvalue weighted by molar-refractivity contribution is 7.14. The summed E-state index contributed by atoms with van der Waals surface area (Å²) >= 11 is 1.27. The number of fused-ring (bicyclic) bond motifs is 1. The topological polar surface area (TPSA) is 84.1 Å². The van der Waals surface area contributed by atoms with Gasteiger partial charge in [-0.05, 0) is 24.3 Å². The van der Waals surface area contributed by atoms with Crippen molar-refractivity contribution in [1.29, 1.82) is 0 Å². The van der Waals surface area contributed by atoms with Gasteiger partial charge in [0.15, 0.2) is 0 Å². The summed E-state index contributed by atoms with van der Waals surface area (Å²) in [6.07, 6.45) is 1.58. The molecule has 2 aromatic heterocycles. The number of anilines is 1. The molecule has 0 unspecified atom stereocenters. The standard InChI is InChI=1S/C14H11N3O3S/c1-20-14(19)9-5-12(21-6-9)17-13(18)8-2-3-10-11(4-8)16-7-15-10/h2-7H,1H3,(H,15,16)(H,17,18). The normalized spacial score (nSPS) is 10.5. The van der Waals surface area contributed by atoms with E-state index in [1.165, 1.54) is 18.4 Å². The van der Waals surface area contributed by atoms with Crippen molar-refractivity contribution in [3.8, 4) is 0 Å². The Morgan fingerprint density at radius 1 is 1.29 bits per heavy atom. The predicted molar refractivity (Wildman–Crippen MR) is 79.7 cm³/mol. The summed E-state index contributed by atoms with van der Waals surface area (Å²) in [5.41, 5.74) is 2.53. The van der Waals surface area contributed by atoms with Crippen LogP contribution in [0.3, 0.4) is 0 Å². The molecule has 6 nitrogen and oxygen atoms in total. The SMILES string of the molecule is COC(=O)c1csc(NC(=O)c2ccc3nc[nH]c3c2)c1. The number of amides is 1. The van der Waals surface area contributed by atoms with Crippen molar-refractivity contribution in [2.75, 3.05) is 12.4 Å². The lowest BCUT2D eigenvalue weighted by molar-refractivity contribution is 0.0601. The molecule has 2 N–H and O–H groups in total. The zero-order chi connectivity index (χ0) is 14.8. The molecule has 1 aromatic carbocycles. The fraction of sp³-hybridized carbons (Fsp3) is 0.0714. The molecule has 0 aliphatic carbocycles. The van der Waals surface area contributed by atoms with Crippen LogP contribution in [0.5, 0.6) is 0 Å². The highest BCUT2D eigenvalue weighted by Gasteiger charge is 2.12. The molecule has 21 heavy (non-hydrogen) atoms. The van der Waals surface area contributed by atoms with Gasteiger partial charge in [-0.15, -0.1) is 11.3 Å². The molecule has 0 bridgehead atoms. The number of hydrogen-bond acceptors (Lipinski definition) is 5. The number of H-pyrrole nitrogens is 1. The maximum Gasteiger partial charge on any atom is 0.338 e.